The smallest absolute Gasteiger partial charge is 0.253 e. The number of halogens is 3. The SMILES string of the molecule is O=C(NCc1cccc(F)c1)c1cc(Br)ccc1Cl. The lowest BCUT2D eigenvalue weighted by atomic mass is 10.2. The second kappa shape index (κ2) is 6.17. The monoisotopic (exact) mass is 341 g/mol. The molecule has 19 heavy (non-hydrogen) atoms. The standard InChI is InChI=1S/C14H10BrClFNO/c15-10-4-5-13(16)12(7-10)14(19)18-8-9-2-1-3-11(17)6-9/h1-7H,8H2,(H,18,19). The molecule has 0 radical (unpaired) electrons. The van der Waals surface area contributed by atoms with Gasteiger partial charge in [-0.15, -0.1) is 0 Å². The van der Waals surface area contributed by atoms with Crippen LogP contribution < -0.4 is 5.32 Å². The normalized spacial score (nSPS) is 10.3. The molecule has 0 aliphatic rings. The van der Waals surface area contributed by atoms with E-state index in [4.69, 9.17) is 11.6 Å². The third-order valence-electron chi connectivity index (χ3n) is 2.52. The minimum atomic E-state index is -0.327. The fraction of sp³-hybridized carbons (Fsp3) is 0.0714. The van der Waals surface area contributed by atoms with Crippen molar-refractivity contribution in [1.82, 2.24) is 5.32 Å². The summed E-state index contributed by atoms with van der Waals surface area (Å²) in [7, 11) is 0. The molecule has 2 rings (SSSR count). The van der Waals surface area contributed by atoms with Crippen LogP contribution in [-0.2, 0) is 6.54 Å². The highest BCUT2D eigenvalue weighted by molar-refractivity contribution is 9.10. The van der Waals surface area contributed by atoms with Crippen LogP contribution in [0.2, 0.25) is 5.02 Å². The summed E-state index contributed by atoms with van der Waals surface area (Å²) in [5, 5.41) is 3.07. The first-order chi connectivity index (χ1) is 9.06. The number of nitrogens with one attached hydrogen (secondary N) is 1. The van der Waals surface area contributed by atoms with Crippen molar-refractivity contribution in [2.45, 2.75) is 6.54 Å². The molecule has 2 aromatic carbocycles. The van der Waals surface area contributed by atoms with Crippen LogP contribution in [0, 0.1) is 5.82 Å². The van der Waals surface area contributed by atoms with Crippen molar-refractivity contribution in [2.75, 3.05) is 0 Å². The highest BCUT2D eigenvalue weighted by Gasteiger charge is 2.10. The van der Waals surface area contributed by atoms with Crippen LogP contribution in [0.25, 0.3) is 0 Å². The van der Waals surface area contributed by atoms with Gasteiger partial charge in [0, 0.05) is 11.0 Å². The Kier molecular flexibility index (Phi) is 4.56. The quantitative estimate of drug-likeness (QED) is 0.891. The van der Waals surface area contributed by atoms with Crippen molar-refractivity contribution in [2.24, 2.45) is 0 Å². The van der Waals surface area contributed by atoms with Crippen LogP contribution in [0.3, 0.4) is 0 Å². The van der Waals surface area contributed by atoms with Crippen molar-refractivity contribution in [3.63, 3.8) is 0 Å². The van der Waals surface area contributed by atoms with Gasteiger partial charge in [-0.1, -0.05) is 39.7 Å². The maximum atomic E-state index is 13.0. The molecule has 0 saturated carbocycles. The van der Waals surface area contributed by atoms with Crippen LogP contribution in [0.15, 0.2) is 46.9 Å². The Balaban J connectivity index is 2.07. The van der Waals surface area contributed by atoms with E-state index in [1.165, 1.54) is 12.1 Å². The van der Waals surface area contributed by atoms with Crippen LogP contribution in [-0.4, -0.2) is 5.91 Å². The molecule has 0 aliphatic heterocycles. The average molecular weight is 343 g/mol. The van der Waals surface area contributed by atoms with E-state index in [1.54, 1.807) is 30.3 Å². The molecule has 0 aromatic heterocycles. The van der Waals surface area contributed by atoms with Crippen molar-refractivity contribution >= 4 is 33.4 Å². The minimum Gasteiger partial charge on any atom is -0.348 e. The molecular formula is C14H10BrClFNO. The van der Waals surface area contributed by atoms with Crippen molar-refractivity contribution in [3.05, 3.63) is 68.9 Å². The number of amides is 1. The van der Waals surface area contributed by atoms with E-state index < -0.39 is 0 Å². The molecule has 98 valence electrons. The van der Waals surface area contributed by atoms with Gasteiger partial charge in [0.25, 0.3) is 5.91 Å². The molecule has 0 atom stereocenters. The number of carbonyl (C=O) groups is 1. The number of benzene rings is 2. The van der Waals surface area contributed by atoms with Gasteiger partial charge in [0.15, 0.2) is 0 Å². The zero-order chi connectivity index (χ0) is 13.8. The first-order valence-electron chi connectivity index (χ1n) is 5.54. The fourth-order valence-corrected chi connectivity index (χ4v) is 2.16. The number of carbonyl (C=O) groups excluding carboxylic acids is 1. The molecule has 1 amide bonds. The molecule has 0 unspecified atom stereocenters. The Morgan fingerprint density at radius 3 is 2.79 bits per heavy atom. The molecule has 5 heteroatoms. The second-order valence-electron chi connectivity index (χ2n) is 3.94. The molecule has 0 heterocycles. The molecule has 0 spiro atoms. The maximum absolute atomic E-state index is 13.0. The van der Waals surface area contributed by atoms with E-state index >= 15 is 0 Å². The summed E-state index contributed by atoms with van der Waals surface area (Å²) in [6.07, 6.45) is 0. The Labute approximate surface area is 123 Å². The summed E-state index contributed by atoms with van der Waals surface area (Å²) in [6, 6.07) is 11.1. The lowest BCUT2D eigenvalue weighted by molar-refractivity contribution is 0.0951. The van der Waals surface area contributed by atoms with E-state index in [9.17, 15) is 9.18 Å². The summed E-state index contributed by atoms with van der Waals surface area (Å²) in [6.45, 7) is 0.249. The zero-order valence-electron chi connectivity index (χ0n) is 9.79. The van der Waals surface area contributed by atoms with Gasteiger partial charge < -0.3 is 5.32 Å². The maximum Gasteiger partial charge on any atom is 0.253 e. The van der Waals surface area contributed by atoms with Crippen LogP contribution in [0.4, 0.5) is 4.39 Å². The lowest BCUT2D eigenvalue weighted by Gasteiger charge is -2.07. The van der Waals surface area contributed by atoms with Gasteiger partial charge in [0.2, 0.25) is 0 Å². The molecule has 2 nitrogen and oxygen atoms in total. The summed E-state index contributed by atoms with van der Waals surface area (Å²) in [5.41, 5.74) is 1.08. The van der Waals surface area contributed by atoms with Crippen molar-refractivity contribution in [3.8, 4) is 0 Å². The third kappa shape index (κ3) is 3.78. The fourth-order valence-electron chi connectivity index (χ4n) is 1.60. The predicted molar refractivity (Wildman–Crippen MR) is 76.7 cm³/mol. The van der Waals surface area contributed by atoms with E-state index in [2.05, 4.69) is 21.2 Å². The molecular weight excluding hydrogens is 333 g/mol. The van der Waals surface area contributed by atoms with E-state index in [1.807, 2.05) is 0 Å². The van der Waals surface area contributed by atoms with E-state index in [0.29, 0.717) is 16.1 Å². The summed E-state index contributed by atoms with van der Waals surface area (Å²) < 4.78 is 13.8. The summed E-state index contributed by atoms with van der Waals surface area (Å²) >= 11 is 9.24. The molecule has 2 aromatic rings. The largest absolute Gasteiger partial charge is 0.348 e. The zero-order valence-corrected chi connectivity index (χ0v) is 12.1. The Hall–Kier alpha value is -1.39. The van der Waals surface area contributed by atoms with Gasteiger partial charge >= 0.3 is 0 Å². The van der Waals surface area contributed by atoms with Gasteiger partial charge in [-0.05, 0) is 35.9 Å². The molecule has 0 aliphatic carbocycles. The van der Waals surface area contributed by atoms with E-state index in [0.717, 1.165) is 4.47 Å². The van der Waals surface area contributed by atoms with Gasteiger partial charge in [0.05, 0.1) is 10.6 Å². The van der Waals surface area contributed by atoms with Gasteiger partial charge in [-0.3, -0.25) is 4.79 Å². The molecule has 1 N–H and O–H groups in total. The van der Waals surface area contributed by atoms with Crippen LogP contribution >= 0.6 is 27.5 Å². The summed E-state index contributed by atoms with van der Waals surface area (Å²) in [4.78, 5) is 12.0. The van der Waals surface area contributed by atoms with Crippen LogP contribution in [0.1, 0.15) is 15.9 Å². The first kappa shape index (κ1) is 14.0. The highest BCUT2D eigenvalue weighted by atomic mass is 79.9. The summed E-state index contributed by atoms with van der Waals surface area (Å²) in [5.74, 6) is -0.622. The molecule has 0 saturated heterocycles. The number of hydrogen-bond acceptors (Lipinski definition) is 1. The number of rotatable bonds is 3. The van der Waals surface area contributed by atoms with Crippen molar-refractivity contribution in [1.29, 1.82) is 0 Å². The average Bonchev–Trinajstić information content (AvgIpc) is 2.39. The number of hydrogen-bond donors (Lipinski definition) is 1. The highest BCUT2D eigenvalue weighted by Crippen LogP contribution is 2.20. The Bertz CT molecular complexity index is 618. The van der Waals surface area contributed by atoms with E-state index in [-0.39, 0.29) is 18.3 Å². The minimum absolute atomic E-state index is 0.249. The van der Waals surface area contributed by atoms with Crippen molar-refractivity contribution < 1.29 is 9.18 Å². The second-order valence-corrected chi connectivity index (χ2v) is 5.26. The topological polar surface area (TPSA) is 29.1 Å². The Morgan fingerprint density at radius 1 is 1.26 bits per heavy atom. The molecule has 0 fully saturated rings. The third-order valence-corrected chi connectivity index (χ3v) is 3.34. The van der Waals surface area contributed by atoms with Gasteiger partial charge in [-0.2, -0.15) is 0 Å². The predicted octanol–water partition coefficient (Wildman–Crippen LogP) is 4.17. The van der Waals surface area contributed by atoms with Gasteiger partial charge in [-0.25, -0.2) is 4.39 Å². The molecule has 0 bridgehead atoms. The first-order valence-corrected chi connectivity index (χ1v) is 6.71. The van der Waals surface area contributed by atoms with Crippen LogP contribution in [0.5, 0.6) is 0 Å². The Morgan fingerprint density at radius 2 is 2.05 bits per heavy atom. The van der Waals surface area contributed by atoms with Gasteiger partial charge in [0.1, 0.15) is 5.82 Å². The lowest BCUT2D eigenvalue weighted by Crippen LogP contribution is -2.23.